The van der Waals surface area contributed by atoms with Crippen LogP contribution in [0.3, 0.4) is 0 Å². The molecule has 2 aliphatic rings. The van der Waals surface area contributed by atoms with Gasteiger partial charge >= 0.3 is 5.97 Å². The molecule has 1 fully saturated rings. The molecule has 0 spiro atoms. The smallest absolute Gasteiger partial charge is 0.337 e. The van der Waals surface area contributed by atoms with Crippen molar-refractivity contribution < 1.29 is 14.3 Å². The van der Waals surface area contributed by atoms with E-state index in [1.165, 1.54) is 39.2 Å². The summed E-state index contributed by atoms with van der Waals surface area (Å²) in [5.41, 5.74) is 2.63. The minimum atomic E-state index is -0.339. The van der Waals surface area contributed by atoms with Crippen LogP contribution in [0.25, 0.3) is 10.9 Å². The minimum Gasteiger partial charge on any atom is -0.493 e. The van der Waals surface area contributed by atoms with E-state index in [2.05, 4.69) is 39.3 Å². The molecular formula is C24H27BrN2O3. The van der Waals surface area contributed by atoms with E-state index in [4.69, 9.17) is 9.47 Å². The topological polar surface area (TPSA) is 53.3 Å². The summed E-state index contributed by atoms with van der Waals surface area (Å²) in [5.74, 6) is 1.23. The molecule has 1 aromatic heterocycles. The van der Waals surface area contributed by atoms with Gasteiger partial charge in [0.2, 0.25) is 0 Å². The van der Waals surface area contributed by atoms with Crippen LogP contribution in [0.5, 0.6) is 0 Å². The Morgan fingerprint density at radius 3 is 2.87 bits per heavy atom. The Hall–Kier alpha value is -2.34. The highest BCUT2D eigenvalue weighted by molar-refractivity contribution is 9.11. The van der Waals surface area contributed by atoms with Crippen molar-refractivity contribution in [3.8, 4) is 0 Å². The minimum absolute atomic E-state index is 0.339. The van der Waals surface area contributed by atoms with E-state index < -0.39 is 0 Å². The molecule has 2 aliphatic carbocycles. The van der Waals surface area contributed by atoms with Crippen molar-refractivity contribution in [1.29, 1.82) is 0 Å². The van der Waals surface area contributed by atoms with Crippen LogP contribution in [0.1, 0.15) is 48.9 Å². The number of ether oxygens (including phenoxy) is 2. The highest BCUT2D eigenvalue weighted by Crippen LogP contribution is 2.28. The molecule has 1 saturated carbocycles. The van der Waals surface area contributed by atoms with Crippen molar-refractivity contribution in [2.45, 2.75) is 45.1 Å². The summed E-state index contributed by atoms with van der Waals surface area (Å²) >= 11 is 3.62. The van der Waals surface area contributed by atoms with Crippen LogP contribution in [0.4, 0.5) is 0 Å². The zero-order valence-electron chi connectivity index (χ0n) is 17.3. The van der Waals surface area contributed by atoms with Crippen LogP contribution < -0.4 is 0 Å². The van der Waals surface area contributed by atoms with E-state index in [9.17, 15) is 4.79 Å². The molecule has 1 heterocycles. The third kappa shape index (κ3) is 4.86. The van der Waals surface area contributed by atoms with Crippen molar-refractivity contribution in [1.82, 2.24) is 9.78 Å². The molecule has 0 amide bonds. The average molecular weight is 471 g/mol. The maximum absolute atomic E-state index is 11.8. The third-order valence-electron chi connectivity index (χ3n) is 5.86. The van der Waals surface area contributed by atoms with Crippen molar-refractivity contribution in [3.63, 3.8) is 0 Å². The number of esters is 1. The Kier molecular flexibility index (Phi) is 6.72. The number of nitrogens with zero attached hydrogens (tertiary/aromatic N) is 2. The van der Waals surface area contributed by atoms with E-state index in [1.807, 2.05) is 16.8 Å². The summed E-state index contributed by atoms with van der Waals surface area (Å²) in [6, 6.07) is 5.52. The molecule has 1 aromatic carbocycles. The van der Waals surface area contributed by atoms with Crippen LogP contribution in [0.2, 0.25) is 0 Å². The van der Waals surface area contributed by atoms with Crippen molar-refractivity contribution >= 4 is 32.8 Å². The van der Waals surface area contributed by atoms with Gasteiger partial charge in [0.15, 0.2) is 0 Å². The fourth-order valence-electron chi connectivity index (χ4n) is 4.13. The second-order valence-corrected chi connectivity index (χ2v) is 8.98. The molecule has 0 unspecified atom stereocenters. The van der Waals surface area contributed by atoms with Gasteiger partial charge < -0.3 is 9.47 Å². The van der Waals surface area contributed by atoms with Gasteiger partial charge in [-0.05, 0) is 60.0 Å². The molecule has 5 nitrogen and oxygen atoms in total. The highest BCUT2D eigenvalue weighted by Gasteiger charge is 2.18. The molecule has 0 radical (unpaired) electrons. The summed E-state index contributed by atoms with van der Waals surface area (Å²) < 4.78 is 14.2. The summed E-state index contributed by atoms with van der Waals surface area (Å²) in [6.45, 7) is 1.39. The van der Waals surface area contributed by atoms with E-state index in [-0.39, 0.29) is 5.97 Å². The summed E-state index contributed by atoms with van der Waals surface area (Å²) in [5, 5.41) is 5.48. The van der Waals surface area contributed by atoms with E-state index in [1.54, 1.807) is 12.3 Å². The van der Waals surface area contributed by atoms with Gasteiger partial charge in [-0.2, -0.15) is 5.10 Å². The lowest BCUT2D eigenvalue weighted by molar-refractivity contribution is 0.0601. The molecule has 6 heteroatoms. The van der Waals surface area contributed by atoms with E-state index in [0.29, 0.717) is 18.0 Å². The van der Waals surface area contributed by atoms with Gasteiger partial charge in [0.05, 0.1) is 37.5 Å². The van der Waals surface area contributed by atoms with Gasteiger partial charge in [-0.15, -0.1) is 0 Å². The van der Waals surface area contributed by atoms with E-state index in [0.717, 1.165) is 39.7 Å². The standard InChI is InChI=1S/C24H27BrN2O3/c1-29-24(28)18-8-11-22-20(13-18)14-26-27(22)15-19-7-9-21(25)10-12-23(19)30-16-17-5-3-2-4-6-17/h7-8,10-14,17H,2-6,9,15-16H2,1H3. The number of benzene rings is 1. The zero-order chi connectivity index (χ0) is 20.9. The summed E-state index contributed by atoms with van der Waals surface area (Å²) in [7, 11) is 1.39. The first-order valence-corrected chi connectivity index (χ1v) is 11.4. The van der Waals surface area contributed by atoms with Crippen molar-refractivity contribution in [2.24, 2.45) is 5.92 Å². The van der Waals surface area contributed by atoms with Gasteiger partial charge in [0.1, 0.15) is 5.76 Å². The van der Waals surface area contributed by atoms with E-state index >= 15 is 0 Å². The first kappa shape index (κ1) is 20.9. The van der Waals surface area contributed by atoms with Gasteiger partial charge in [-0.1, -0.05) is 41.3 Å². The first-order chi connectivity index (χ1) is 14.6. The molecular weight excluding hydrogens is 444 g/mol. The molecule has 158 valence electrons. The molecule has 0 saturated heterocycles. The maximum atomic E-state index is 11.8. The quantitative estimate of drug-likeness (QED) is 0.492. The molecule has 0 aliphatic heterocycles. The molecule has 2 aromatic rings. The molecule has 4 rings (SSSR count). The Morgan fingerprint density at radius 1 is 1.23 bits per heavy atom. The number of allylic oxidation sites excluding steroid dienone is 5. The Morgan fingerprint density at radius 2 is 2.07 bits per heavy atom. The third-order valence-corrected chi connectivity index (χ3v) is 6.45. The van der Waals surface area contributed by atoms with Crippen LogP contribution in [0, 0.1) is 5.92 Å². The van der Waals surface area contributed by atoms with Crippen molar-refractivity contribution in [2.75, 3.05) is 13.7 Å². The van der Waals surface area contributed by atoms with Crippen LogP contribution in [-0.2, 0) is 16.0 Å². The number of aromatic nitrogens is 2. The van der Waals surface area contributed by atoms with Crippen LogP contribution in [-0.4, -0.2) is 29.5 Å². The average Bonchev–Trinajstić information content (AvgIpc) is 3.09. The van der Waals surface area contributed by atoms with Gasteiger partial charge in [-0.3, -0.25) is 4.68 Å². The monoisotopic (exact) mass is 470 g/mol. The van der Waals surface area contributed by atoms with Gasteiger partial charge in [-0.25, -0.2) is 4.79 Å². The van der Waals surface area contributed by atoms with Crippen molar-refractivity contribution in [3.05, 3.63) is 64.0 Å². The number of carbonyl (C=O) groups excluding carboxylic acids is 1. The molecule has 0 bridgehead atoms. The number of halogens is 1. The maximum Gasteiger partial charge on any atom is 0.337 e. The van der Waals surface area contributed by atoms with Crippen LogP contribution >= 0.6 is 15.9 Å². The lowest BCUT2D eigenvalue weighted by Gasteiger charge is -2.23. The SMILES string of the molecule is COC(=O)c1ccc2c(cnn2CC2=CCC(Br)=CC=C2OCC2CCCCC2)c1. The second kappa shape index (κ2) is 9.65. The predicted molar refractivity (Wildman–Crippen MR) is 121 cm³/mol. The fourth-order valence-corrected chi connectivity index (χ4v) is 4.42. The van der Waals surface area contributed by atoms with Gasteiger partial charge in [0.25, 0.3) is 0 Å². The number of carbonyl (C=O) groups is 1. The number of fused-ring (bicyclic) bond motifs is 1. The lowest BCUT2D eigenvalue weighted by Crippen LogP contribution is -2.15. The largest absolute Gasteiger partial charge is 0.493 e. The highest BCUT2D eigenvalue weighted by atomic mass is 79.9. The summed E-state index contributed by atoms with van der Waals surface area (Å²) in [6.07, 6.45) is 15.5. The Bertz CT molecular complexity index is 1010. The number of rotatable bonds is 6. The van der Waals surface area contributed by atoms with Gasteiger partial charge in [0, 0.05) is 11.0 Å². The molecule has 30 heavy (non-hydrogen) atoms. The lowest BCUT2D eigenvalue weighted by atomic mass is 9.90. The van der Waals surface area contributed by atoms with Crippen LogP contribution in [0.15, 0.2) is 58.4 Å². The fraction of sp³-hybridized carbons (Fsp3) is 0.417. The predicted octanol–water partition coefficient (Wildman–Crippen LogP) is 5.91. The summed E-state index contributed by atoms with van der Waals surface area (Å²) in [4.78, 5) is 11.8. The number of hydrogen-bond acceptors (Lipinski definition) is 4. The normalized spacial score (nSPS) is 17.7. The molecule has 0 N–H and O–H groups in total. The number of hydrogen-bond donors (Lipinski definition) is 0. The Balaban J connectivity index is 1.53. The zero-order valence-corrected chi connectivity index (χ0v) is 18.9. The molecule has 0 atom stereocenters. The number of methoxy groups -OCH3 is 1. The Labute approximate surface area is 185 Å². The first-order valence-electron chi connectivity index (χ1n) is 10.6. The second-order valence-electron chi connectivity index (χ2n) is 7.96.